The monoisotopic (exact) mass is 347 g/mol. The van der Waals surface area contributed by atoms with Gasteiger partial charge in [-0.3, -0.25) is 4.79 Å². The highest BCUT2D eigenvalue weighted by atomic mass is 32.2. The predicted molar refractivity (Wildman–Crippen MR) is 88.5 cm³/mol. The molecule has 2 heterocycles. The van der Waals surface area contributed by atoms with E-state index >= 15 is 0 Å². The van der Waals surface area contributed by atoms with Crippen molar-refractivity contribution in [1.82, 2.24) is 14.1 Å². The first-order valence-corrected chi connectivity index (χ1v) is 9.94. The van der Waals surface area contributed by atoms with Crippen LogP contribution in [0.25, 0.3) is 0 Å². The summed E-state index contributed by atoms with van der Waals surface area (Å²) in [5, 5.41) is 9.09. The van der Waals surface area contributed by atoms with Crippen molar-refractivity contribution in [3.05, 3.63) is 0 Å². The first-order chi connectivity index (χ1) is 10.8. The third kappa shape index (κ3) is 4.23. The highest BCUT2D eigenvalue weighted by molar-refractivity contribution is 7.89. The highest BCUT2D eigenvalue weighted by Crippen LogP contribution is 2.39. The Morgan fingerprint density at radius 2 is 1.96 bits per heavy atom. The fraction of sp³-hybridized carbons (Fsp3) is 0.933. The molecule has 0 unspecified atom stereocenters. The Hall–Kier alpha value is -0.700. The minimum Gasteiger partial charge on any atom is -0.395 e. The summed E-state index contributed by atoms with van der Waals surface area (Å²) in [5.41, 5.74) is -0.312. The number of sulfonamides is 1. The van der Waals surface area contributed by atoms with Gasteiger partial charge < -0.3 is 14.9 Å². The highest BCUT2D eigenvalue weighted by Gasteiger charge is 2.47. The average Bonchev–Trinajstić information content (AvgIpc) is 2.88. The third-order valence-electron chi connectivity index (χ3n) is 5.06. The number of carbonyl (C=O) groups excluding carboxylic acids is 1. The number of β-amino-alcohol motifs (C(OH)–C–C–N with tert-alkyl or cyclic N) is 1. The molecule has 1 atom stereocenters. The van der Waals surface area contributed by atoms with Crippen molar-refractivity contribution < 1.29 is 18.3 Å². The number of hydrogen-bond acceptors (Lipinski definition) is 5. The lowest BCUT2D eigenvalue weighted by atomic mass is 9.78. The number of hydrogen-bond donors (Lipinski definition) is 1. The number of piperidine rings is 1. The molecule has 0 aromatic carbocycles. The van der Waals surface area contributed by atoms with Gasteiger partial charge in [-0.05, 0) is 38.8 Å². The summed E-state index contributed by atoms with van der Waals surface area (Å²) in [5.74, 6) is 0.315. The number of likely N-dealkylation sites (tertiary alicyclic amines) is 2. The van der Waals surface area contributed by atoms with E-state index in [-0.39, 0.29) is 23.7 Å². The Morgan fingerprint density at radius 1 is 1.22 bits per heavy atom. The van der Waals surface area contributed by atoms with Gasteiger partial charge in [0.25, 0.3) is 0 Å². The molecule has 2 aliphatic heterocycles. The molecule has 2 aliphatic rings. The number of aliphatic hydroxyl groups excluding tert-OH is 1. The summed E-state index contributed by atoms with van der Waals surface area (Å²) < 4.78 is 24.8. The summed E-state index contributed by atoms with van der Waals surface area (Å²) in [6.07, 6.45) is 3.31. The Labute approximate surface area is 139 Å². The standard InChI is InChI=1S/C15H29N3O4S/c1-16(2)23(21,22)12-4-7-17-9-6-15(13-17)5-3-8-18(10-11-19)14(15)20/h19H,3-13H2,1-2H3/t15-/m0/s1. The van der Waals surface area contributed by atoms with Crippen LogP contribution in [0.15, 0.2) is 0 Å². The molecular formula is C15H29N3O4S. The van der Waals surface area contributed by atoms with Gasteiger partial charge >= 0.3 is 0 Å². The molecule has 1 spiro atoms. The number of nitrogens with zero attached hydrogens (tertiary/aromatic N) is 3. The Kier molecular flexibility index (Phi) is 6.05. The van der Waals surface area contributed by atoms with Gasteiger partial charge in [-0.25, -0.2) is 12.7 Å². The molecule has 0 radical (unpaired) electrons. The third-order valence-corrected chi connectivity index (χ3v) is 6.98. The van der Waals surface area contributed by atoms with Crippen molar-refractivity contribution in [2.75, 3.05) is 59.2 Å². The topological polar surface area (TPSA) is 81.2 Å². The van der Waals surface area contributed by atoms with Gasteiger partial charge in [0, 0.05) is 33.7 Å². The van der Waals surface area contributed by atoms with E-state index in [0.29, 0.717) is 19.5 Å². The molecule has 134 valence electrons. The lowest BCUT2D eigenvalue weighted by Crippen LogP contribution is -2.50. The lowest BCUT2D eigenvalue weighted by molar-refractivity contribution is -0.146. The van der Waals surface area contributed by atoms with Crippen LogP contribution in [0.4, 0.5) is 0 Å². The van der Waals surface area contributed by atoms with Gasteiger partial charge in [0.2, 0.25) is 15.9 Å². The molecule has 1 amide bonds. The van der Waals surface area contributed by atoms with E-state index in [4.69, 9.17) is 5.11 Å². The Bertz CT molecular complexity index is 521. The molecule has 2 fully saturated rings. The van der Waals surface area contributed by atoms with E-state index in [1.807, 2.05) is 0 Å². The van der Waals surface area contributed by atoms with E-state index in [2.05, 4.69) is 4.90 Å². The van der Waals surface area contributed by atoms with Crippen LogP contribution in [0.1, 0.15) is 25.7 Å². The van der Waals surface area contributed by atoms with Gasteiger partial charge in [0.15, 0.2) is 0 Å². The summed E-state index contributed by atoms with van der Waals surface area (Å²) in [7, 11) is -0.0420. The summed E-state index contributed by atoms with van der Waals surface area (Å²) >= 11 is 0. The van der Waals surface area contributed by atoms with Crippen molar-refractivity contribution in [1.29, 1.82) is 0 Å². The lowest BCUT2D eigenvalue weighted by Gasteiger charge is -2.39. The average molecular weight is 347 g/mol. The van der Waals surface area contributed by atoms with Crippen LogP contribution in [0.3, 0.4) is 0 Å². The van der Waals surface area contributed by atoms with Crippen molar-refractivity contribution in [3.63, 3.8) is 0 Å². The second kappa shape index (κ2) is 7.46. The molecule has 23 heavy (non-hydrogen) atoms. The van der Waals surface area contributed by atoms with Crippen molar-refractivity contribution in [3.8, 4) is 0 Å². The van der Waals surface area contributed by atoms with Crippen molar-refractivity contribution in [2.45, 2.75) is 25.7 Å². The Morgan fingerprint density at radius 3 is 2.61 bits per heavy atom. The molecule has 0 aromatic rings. The van der Waals surface area contributed by atoms with Crippen molar-refractivity contribution in [2.24, 2.45) is 5.41 Å². The van der Waals surface area contributed by atoms with E-state index in [1.54, 1.807) is 19.0 Å². The molecule has 8 heteroatoms. The van der Waals surface area contributed by atoms with Crippen LogP contribution in [-0.4, -0.2) is 92.7 Å². The van der Waals surface area contributed by atoms with E-state index in [1.165, 1.54) is 4.31 Å². The van der Waals surface area contributed by atoms with Crippen molar-refractivity contribution >= 4 is 15.9 Å². The number of rotatable bonds is 7. The molecule has 7 nitrogen and oxygen atoms in total. The van der Waals surface area contributed by atoms with Crippen LogP contribution < -0.4 is 0 Å². The zero-order chi connectivity index (χ0) is 17.1. The number of carbonyl (C=O) groups is 1. The quantitative estimate of drug-likeness (QED) is 0.676. The minimum atomic E-state index is -3.15. The zero-order valence-corrected chi connectivity index (χ0v) is 15.0. The molecule has 0 aliphatic carbocycles. The smallest absolute Gasteiger partial charge is 0.230 e. The maximum Gasteiger partial charge on any atom is 0.230 e. The summed E-state index contributed by atoms with van der Waals surface area (Å²) in [4.78, 5) is 16.7. The first kappa shape index (κ1) is 18.6. The van der Waals surface area contributed by atoms with Gasteiger partial charge in [-0.15, -0.1) is 0 Å². The number of aliphatic hydroxyl groups is 1. The molecule has 0 saturated carbocycles. The normalized spacial score (nSPS) is 26.6. The van der Waals surface area contributed by atoms with Crippen LogP contribution in [0.2, 0.25) is 0 Å². The molecule has 2 rings (SSSR count). The Balaban J connectivity index is 1.87. The van der Waals surface area contributed by atoms with E-state index in [9.17, 15) is 13.2 Å². The summed E-state index contributed by atoms with van der Waals surface area (Å²) in [6, 6.07) is 0. The maximum absolute atomic E-state index is 12.7. The van der Waals surface area contributed by atoms with Crippen LogP contribution in [0.5, 0.6) is 0 Å². The second-order valence-electron chi connectivity index (χ2n) is 6.88. The zero-order valence-electron chi connectivity index (χ0n) is 14.2. The molecule has 2 saturated heterocycles. The van der Waals surface area contributed by atoms with Gasteiger partial charge in [-0.1, -0.05) is 0 Å². The van der Waals surface area contributed by atoms with Gasteiger partial charge in [0.05, 0.1) is 17.8 Å². The molecule has 0 aromatic heterocycles. The largest absolute Gasteiger partial charge is 0.395 e. The first-order valence-electron chi connectivity index (χ1n) is 8.33. The van der Waals surface area contributed by atoms with Crippen LogP contribution in [-0.2, 0) is 14.8 Å². The fourth-order valence-electron chi connectivity index (χ4n) is 3.67. The molecule has 0 bridgehead atoms. The predicted octanol–water partition coefficient (Wildman–Crippen LogP) is -0.425. The fourth-order valence-corrected chi connectivity index (χ4v) is 4.53. The minimum absolute atomic E-state index is 0.00787. The summed E-state index contributed by atoms with van der Waals surface area (Å²) in [6.45, 7) is 3.44. The van der Waals surface area contributed by atoms with E-state index in [0.717, 1.165) is 38.9 Å². The molecule has 1 N–H and O–H groups in total. The van der Waals surface area contributed by atoms with Gasteiger partial charge in [0.1, 0.15) is 0 Å². The maximum atomic E-state index is 12.7. The van der Waals surface area contributed by atoms with E-state index < -0.39 is 10.0 Å². The SMILES string of the molecule is CN(C)S(=O)(=O)CCCN1CC[C@@]2(CCCN(CCO)C2=O)C1. The number of amides is 1. The molecular weight excluding hydrogens is 318 g/mol. The second-order valence-corrected chi connectivity index (χ2v) is 9.18. The van der Waals surface area contributed by atoms with Crippen LogP contribution in [0, 0.1) is 5.41 Å². The van der Waals surface area contributed by atoms with Gasteiger partial charge in [-0.2, -0.15) is 0 Å². The van der Waals surface area contributed by atoms with Crippen LogP contribution >= 0.6 is 0 Å².